The zero-order valence-corrected chi connectivity index (χ0v) is 10.4. The van der Waals surface area contributed by atoms with Crippen LogP contribution in [0.15, 0.2) is 24.3 Å². The van der Waals surface area contributed by atoms with Crippen molar-refractivity contribution < 1.29 is 0 Å². The van der Waals surface area contributed by atoms with Gasteiger partial charge in [0.05, 0.1) is 12.6 Å². The predicted octanol–water partition coefficient (Wildman–Crippen LogP) is 2.64. The quantitative estimate of drug-likeness (QED) is 0.620. The zero-order valence-electron chi connectivity index (χ0n) is 10.4. The van der Waals surface area contributed by atoms with Gasteiger partial charge in [0.15, 0.2) is 0 Å². The zero-order chi connectivity index (χ0) is 12.0. The fraction of sp³-hybridized carbons (Fsp3) is 0.500. The first kappa shape index (κ1) is 12.7. The predicted molar refractivity (Wildman–Crippen MR) is 67.3 cm³/mol. The maximum atomic E-state index is 8.38. The van der Waals surface area contributed by atoms with E-state index in [1.54, 1.807) is 0 Å². The number of hydrogen-bond acceptors (Lipinski definition) is 2. The summed E-state index contributed by atoms with van der Waals surface area (Å²) in [5, 5.41) is 11.4. The van der Waals surface area contributed by atoms with Crippen LogP contribution in [-0.4, -0.2) is 13.1 Å². The Morgan fingerprint density at radius 3 is 2.31 bits per heavy atom. The van der Waals surface area contributed by atoms with Gasteiger partial charge in [-0.05, 0) is 23.0 Å². The first-order valence-corrected chi connectivity index (χ1v) is 5.71. The molecule has 0 aliphatic heterocycles. The highest BCUT2D eigenvalue weighted by atomic mass is 14.8. The standard InChI is InChI=1S/C14H20N2/c1-14(2,3)13-6-4-12(5-7-13)8-10-16-11-9-15/h4-7,16H,8,10-11H2,1-3H3. The second kappa shape index (κ2) is 5.67. The van der Waals surface area contributed by atoms with E-state index in [1.807, 2.05) is 0 Å². The summed E-state index contributed by atoms with van der Waals surface area (Å²) < 4.78 is 0. The van der Waals surface area contributed by atoms with Crippen LogP contribution in [0.2, 0.25) is 0 Å². The maximum Gasteiger partial charge on any atom is 0.0841 e. The smallest absolute Gasteiger partial charge is 0.0841 e. The van der Waals surface area contributed by atoms with Gasteiger partial charge in [0.2, 0.25) is 0 Å². The summed E-state index contributed by atoms with van der Waals surface area (Å²) in [6.45, 7) is 7.95. The second-order valence-electron chi connectivity index (χ2n) is 5.03. The molecule has 0 radical (unpaired) electrons. The Labute approximate surface area is 98.3 Å². The summed E-state index contributed by atoms with van der Waals surface area (Å²) in [4.78, 5) is 0. The molecule has 0 unspecified atom stereocenters. The topological polar surface area (TPSA) is 35.8 Å². The molecule has 2 heteroatoms. The fourth-order valence-electron chi connectivity index (χ4n) is 1.55. The molecule has 0 heterocycles. The van der Waals surface area contributed by atoms with Crippen molar-refractivity contribution in [3.05, 3.63) is 35.4 Å². The van der Waals surface area contributed by atoms with Gasteiger partial charge in [-0.3, -0.25) is 0 Å². The average Bonchev–Trinajstić information content (AvgIpc) is 2.24. The van der Waals surface area contributed by atoms with Crippen LogP contribution in [-0.2, 0) is 11.8 Å². The third-order valence-electron chi connectivity index (χ3n) is 2.61. The Hall–Kier alpha value is -1.33. The molecular formula is C14H20N2. The van der Waals surface area contributed by atoms with E-state index in [9.17, 15) is 0 Å². The Morgan fingerprint density at radius 2 is 1.81 bits per heavy atom. The van der Waals surface area contributed by atoms with E-state index in [1.165, 1.54) is 11.1 Å². The molecule has 0 aliphatic rings. The SMILES string of the molecule is CC(C)(C)c1ccc(CCNCC#N)cc1. The summed E-state index contributed by atoms with van der Waals surface area (Å²) in [6.07, 6.45) is 0.978. The molecular weight excluding hydrogens is 196 g/mol. The van der Waals surface area contributed by atoms with E-state index in [0.29, 0.717) is 6.54 Å². The third kappa shape index (κ3) is 4.04. The average molecular weight is 216 g/mol. The van der Waals surface area contributed by atoms with Crippen molar-refractivity contribution in [1.82, 2.24) is 5.32 Å². The molecule has 0 saturated heterocycles. The highest BCUT2D eigenvalue weighted by molar-refractivity contribution is 5.27. The maximum absolute atomic E-state index is 8.38. The Bertz CT molecular complexity index is 352. The van der Waals surface area contributed by atoms with E-state index < -0.39 is 0 Å². The second-order valence-corrected chi connectivity index (χ2v) is 5.03. The fourth-order valence-corrected chi connectivity index (χ4v) is 1.55. The normalized spacial score (nSPS) is 11.1. The molecule has 0 aliphatic carbocycles. The molecule has 86 valence electrons. The minimum atomic E-state index is 0.220. The van der Waals surface area contributed by atoms with Gasteiger partial charge in [0, 0.05) is 6.54 Å². The first-order valence-electron chi connectivity index (χ1n) is 5.71. The van der Waals surface area contributed by atoms with Crippen molar-refractivity contribution in [2.45, 2.75) is 32.6 Å². The third-order valence-corrected chi connectivity index (χ3v) is 2.61. The van der Waals surface area contributed by atoms with Gasteiger partial charge in [0.25, 0.3) is 0 Å². The largest absolute Gasteiger partial charge is 0.304 e. The van der Waals surface area contributed by atoms with Crippen LogP contribution in [0, 0.1) is 11.3 Å². The number of nitriles is 1. The Kier molecular flexibility index (Phi) is 4.52. The van der Waals surface area contributed by atoms with Crippen LogP contribution < -0.4 is 5.32 Å². The van der Waals surface area contributed by atoms with E-state index in [0.717, 1.165) is 13.0 Å². The first-order chi connectivity index (χ1) is 7.54. The van der Waals surface area contributed by atoms with E-state index in [-0.39, 0.29) is 5.41 Å². The van der Waals surface area contributed by atoms with Gasteiger partial charge in [-0.15, -0.1) is 0 Å². The highest BCUT2D eigenvalue weighted by Crippen LogP contribution is 2.22. The molecule has 0 aromatic heterocycles. The van der Waals surface area contributed by atoms with Crippen molar-refractivity contribution in [2.75, 3.05) is 13.1 Å². The molecule has 1 aromatic rings. The summed E-state index contributed by atoms with van der Waals surface area (Å²) in [5.74, 6) is 0. The van der Waals surface area contributed by atoms with Crippen molar-refractivity contribution in [3.63, 3.8) is 0 Å². The summed E-state index contributed by atoms with van der Waals surface area (Å²) >= 11 is 0. The molecule has 0 spiro atoms. The Balaban J connectivity index is 2.49. The van der Waals surface area contributed by atoms with Crippen molar-refractivity contribution >= 4 is 0 Å². The lowest BCUT2D eigenvalue weighted by molar-refractivity contribution is 0.590. The van der Waals surface area contributed by atoms with E-state index in [2.05, 4.69) is 56.4 Å². The molecule has 1 aromatic carbocycles. The van der Waals surface area contributed by atoms with Gasteiger partial charge >= 0.3 is 0 Å². The van der Waals surface area contributed by atoms with Crippen LogP contribution in [0.1, 0.15) is 31.9 Å². The molecule has 0 bridgehead atoms. The number of nitrogens with zero attached hydrogens (tertiary/aromatic N) is 1. The lowest BCUT2D eigenvalue weighted by Gasteiger charge is -2.19. The van der Waals surface area contributed by atoms with Gasteiger partial charge in [0.1, 0.15) is 0 Å². The van der Waals surface area contributed by atoms with Crippen molar-refractivity contribution in [1.29, 1.82) is 5.26 Å². The van der Waals surface area contributed by atoms with Crippen LogP contribution >= 0.6 is 0 Å². The van der Waals surface area contributed by atoms with Gasteiger partial charge in [-0.1, -0.05) is 45.0 Å². The summed E-state index contributed by atoms with van der Waals surface area (Å²) in [6, 6.07) is 10.8. The van der Waals surface area contributed by atoms with Crippen LogP contribution in [0.5, 0.6) is 0 Å². The number of nitrogens with one attached hydrogen (secondary N) is 1. The van der Waals surface area contributed by atoms with Gasteiger partial charge in [-0.25, -0.2) is 0 Å². The van der Waals surface area contributed by atoms with E-state index >= 15 is 0 Å². The monoisotopic (exact) mass is 216 g/mol. The number of hydrogen-bond donors (Lipinski definition) is 1. The summed E-state index contributed by atoms with van der Waals surface area (Å²) in [7, 11) is 0. The molecule has 0 amide bonds. The van der Waals surface area contributed by atoms with Crippen molar-refractivity contribution in [3.8, 4) is 6.07 Å². The minimum absolute atomic E-state index is 0.220. The Morgan fingerprint density at radius 1 is 1.19 bits per heavy atom. The molecule has 16 heavy (non-hydrogen) atoms. The van der Waals surface area contributed by atoms with Gasteiger partial charge < -0.3 is 5.32 Å². The lowest BCUT2D eigenvalue weighted by atomic mass is 9.86. The minimum Gasteiger partial charge on any atom is -0.304 e. The molecule has 1 rings (SSSR count). The molecule has 1 N–H and O–H groups in total. The molecule has 2 nitrogen and oxygen atoms in total. The highest BCUT2D eigenvalue weighted by Gasteiger charge is 2.12. The summed E-state index contributed by atoms with van der Waals surface area (Å²) in [5.41, 5.74) is 2.90. The molecule has 0 saturated carbocycles. The lowest BCUT2D eigenvalue weighted by Crippen LogP contribution is -2.17. The van der Waals surface area contributed by atoms with Crippen molar-refractivity contribution in [2.24, 2.45) is 0 Å². The van der Waals surface area contributed by atoms with Crippen LogP contribution in [0.3, 0.4) is 0 Å². The molecule has 0 atom stereocenters. The van der Waals surface area contributed by atoms with Crippen LogP contribution in [0.25, 0.3) is 0 Å². The van der Waals surface area contributed by atoms with E-state index in [4.69, 9.17) is 5.26 Å². The number of rotatable bonds is 4. The van der Waals surface area contributed by atoms with Crippen LogP contribution in [0.4, 0.5) is 0 Å². The number of benzene rings is 1. The van der Waals surface area contributed by atoms with Gasteiger partial charge in [-0.2, -0.15) is 5.26 Å². The molecule has 0 fully saturated rings.